The third-order valence-corrected chi connectivity index (χ3v) is 3.20. The van der Waals surface area contributed by atoms with Crippen LogP contribution in [0.4, 0.5) is 0 Å². The zero-order valence-electron chi connectivity index (χ0n) is 9.88. The molecule has 0 aromatic carbocycles. The predicted octanol–water partition coefficient (Wildman–Crippen LogP) is 0.668. The van der Waals surface area contributed by atoms with Gasteiger partial charge in [-0.05, 0) is 39.7 Å². The van der Waals surface area contributed by atoms with Gasteiger partial charge in [0.1, 0.15) is 6.10 Å². The van der Waals surface area contributed by atoms with Gasteiger partial charge in [0.25, 0.3) is 0 Å². The molecule has 1 amide bonds. The van der Waals surface area contributed by atoms with Crippen LogP contribution in [0.15, 0.2) is 0 Å². The lowest BCUT2D eigenvalue weighted by Crippen LogP contribution is -2.44. The predicted molar refractivity (Wildman–Crippen MR) is 59.7 cm³/mol. The maximum absolute atomic E-state index is 11.5. The van der Waals surface area contributed by atoms with Crippen LogP contribution < -0.4 is 10.6 Å². The van der Waals surface area contributed by atoms with E-state index >= 15 is 0 Å². The quantitative estimate of drug-likeness (QED) is 0.723. The second kappa shape index (κ2) is 6.08. The topological polar surface area (TPSA) is 50.4 Å². The lowest BCUT2D eigenvalue weighted by Gasteiger charge is -2.29. The van der Waals surface area contributed by atoms with Crippen molar-refractivity contribution < 1.29 is 9.53 Å². The molecule has 0 aromatic heterocycles. The first-order chi connectivity index (χ1) is 7.17. The van der Waals surface area contributed by atoms with Gasteiger partial charge in [-0.2, -0.15) is 0 Å². The standard InChI is InChI=1S/C11H22N2O2/c1-8(15-3)11(14)13-10-6-4-9(12-2)5-7-10/h8-10,12H,4-7H2,1-3H3,(H,13,14). The maximum Gasteiger partial charge on any atom is 0.249 e. The highest BCUT2D eigenvalue weighted by atomic mass is 16.5. The molecule has 4 nitrogen and oxygen atoms in total. The van der Waals surface area contributed by atoms with Crippen LogP contribution in [0.2, 0.25) is 0 Å². The molecule has 1 unspecified atom stereocenters. The zero-order chi connectivity index (χ0) is 11.3. The summed E-state index contributed by atoms with van der Waals surface area (Å²) in [5.74, 6) is 0.00501. The monoisotopic (exact) mass is 214 g/mol. The van der Waals surface area contributed by atoms with Crippen molar-refractivity contribution in [1.29, 1.82) is 0 Å². The largest absolute Gasteiger partial charge is 0.372 e. The third kappa shape index (κ3) is 3.80. The molecule has 0 radical (unpaired) electrons. The number of carbonyl (C=O) groups is 1. The molecule has 1 rings (SSSR count). The molecule has 15 heavy (non-hydrogen) atoms. The second-order valence-electron chi connectivity index (χ2n) is 4.22. The molecular weight excluding hydrogens is 192 g/mol. The molecule has 88 valence electrons. The zero-order valence-corrected chi connectivity index (χ0v) is 9.88. The molecule has 0 aliphatic heterocycles. The first kappa shape index (κ1) is 12.5. The van der Waals surface area contributed by atoms with Crippen molar-refractivity contribution >= 4 is 5.91 Å². The minimum atomic E-state index is -0.341. The summed E-state index contributed by atoms with van der Waals surface area (Å²) in [5, 5.41) is 6.30. The molecule has 0 aromatic rings. The van der Waals surface area contributed by atoms with Gasteiger partial charge < -0.3 is 15.4 Å². The van der Waals surface area contributed by atoms with Crippen molar-refractivity contribution in [3.63, 3.8) is 0 Å². The van der Waals surface area contributed by atoms with E-state index in [0.29, 0.717) is 12.1 Å². The SMILES string of the molecule is CNC1CCC(NC(=O)C(C)OC)CC1. The van der Waals surface area contributed by atoms with Crippen molar-refractivity contribution in [3.05, 3.63) is 0 Å². The number of rotatable bonds is 4. The minimum absolute atomic E-state index is 0.00501. The number of nitrogens with one attached hydrogen (secondary N) is 2. The van der Waals surface area contributed by atoms with Gasteiger partial charge in [0, 0.05) is 19.2 Å². The summed E-state index contributed by atoms with van der Waals surface area (Å²) < 4.78 is 4.97. The molecular formula is C11H22N2O2. The van der Waals surface area contributed by atoms with Crippen molar-refractivity contribution in [2.75, 3.05) is 14.2 Å². The van der Waals surface area contributed by atoms with Crippen LogP contribution in [0.1, 0.15) is 32.6 Å². The lowest BCUT2D eigenvalue weighted by molar-refractivity contribution is -0.131. The van der Waals surface area contributed by atoms with Gasteiger partial charge in [0.05, 0.1) is 0 Å². The Balaban J connectivity index is 2.26. The van der Waals surface area contributed by atoms with E-state index in [9.17, 15) is 4.79 Å². The molecule has 0 spiro atoms. The Bertz CT molecular complexity index is 201. The number of ether oxygens (including phenoxy) is 1. The van der Waals surface area contributed by atoms with Gasteiger partial charge in [-0.3, -0.25) is 4.79 Å². The maximum atomic E-state index is 11.5. The Morgan fingerprint density at radius 2 is 1.80 bits per heavy atom. The first-order valence-corrected chi connectivity index (χ1v) is 5.67. The molecule has 1 atom stereocenters. The smallest absolute Gasteiger partial charge is 0.249 e. The summed E-state index contributed by atoms with van der Waals surface area (Å²) in [5.41, 5.74) is 0. The van der Waals surface area contributed by atoms with Crippen LogP contribution in [-0.2, 0) is 9.53 Å². The molecule has 2 N–H and O–H groups in total. The molecule has 1 saturated carbocycles. The van der Waals surface area contributed by atoms with Crippen LogP contribution in [-0.4, -0.2) is 38.3 Å². The van der Waals surface area contributed by atoms with Gasteiger partial charge in [0.2, 0.25) is 5.91 Å². The molecule has 0 bridgehead atoms. The van der Waals surface area contributed by atoms with Gasteiger partial charge in [-0.25, -0.2) is 0 Å². The normalized spacial score (nSPS) is 28.5. The Kier molecular flexibility index (Phi) is 5.05. The number of carbonyl (C=O) groups excluding carboxylic acids is 1. The average molecular weight is 214 g/mol. The fraction of sp³-hybridized carbons (Fsp3) is 0.909. The molecule has 1 fully saturated rings. The van der Waals surface area contributed by atoms with Crippen LogP contribution >= 0.6 is 0 Å². The molecule has 0 heterocycles. The highest BCUT2D eigenvalue weighted by Crippen LogP contribution is 2.18. The summed E-state index contributed by atoms with van der Waals surface area (Å²) in [6.07, 6.45) is 4.07. The summed E-state index contributed by atoms with van der Waals surface area (Å²) >= 11 is 0. The van der Waals surface area contributed by atoms with Crippen LogP contribution in [0.3, 0.4) is 0 Å². The van der Waals surface area contributed by atoms with Crippen LogP contribution in [0, 0.1) is 0 Å². The molecule has 4 heteroatoms. The Morgan fingerprint density at radius 3 is 2.27 bits per heavy atom. The van der Waals surface area contributed by atoms with E-state index in [0.717, 1.165) is 25.7 Å². The van der Waals surface area contributed by atoms with Gasteiger partial charge in [0.15, 0.2) is 0 Å². The molecule has 1 aliphatic rings. The Labute approximate surface area is 91.8 Å². The lowest BCUT2D eigenvalue weighted by atomic mass is 9.91. The van der Waals surface area contributed by atoms with Crippen LogP contribution in [0.25, 0.3) is 0 Å². The minimum Gasteiger partial charge on any atom is -0.372 e. The fourth-order valence-corrected chi connectivity index (χ4v) is 1.95. The Morgan fingerprint density at radius 1 is 1.27 bits per heavy atom. The van der Waals surface area contributed by atoms with Crippen molar-refractivity contribution in [3.8, 4) is 0 Å². The number of hydrogen-bond donors (Lipinski definition) is 2. The number of amides is 1. The van der Waals surface area contributed by atoms with Crippen molar-refractivity contribution in [1.82, 2.24) is 10.6 Å². The van der Waals surface area contributed by atoms with E-state index < -0.39 is 0 Å². The van der Waals surface area contributed by atoms with E-state index in [1.807, 2.05) is 7.05 Å². The fourth-order valence-electron chi connectivity index (χ4n) is 1.95. The highest BCUT2D eigenvalue weighted by Gasteiger charge is 2.22. The van der Waals surface area contributed by atoms with E-state index in [-0.39, 0.29) is 12.0 Å². The van der Waals surface area contributed by atoms with Gasteiger partial charge in [-0.15, -0.1) is 0 Å². The van der Waals surface area contributed by atoms with E-state index in [4.69, 9.17) is 4.74 Å². The number of hydrogen-bond acceptors (Lipinski definition) is 3. The van der Waals surface area contributed by atoms with Crippen molar-refractivity contribution in [2.45, 2.75) is 50.8 Å². The van der Waals surface area contributed by atoms with Crippen LogP contribution in [0.5, 0.6) is 0 Å². The van der Waals surface area contributed by atoms with E-state index in [1.54, 1.807) is 14.0 Å². The molecule has 1 aliphatic carbocycles. The second-order valence-corrected chi connectivity index (χ2v) is 4.22. The summed E-state index contributed by atoms with van der Waals surface area (Å²) in [7, 11) is 3.55. The number of methoxy groups -OCH3 is 1. The highest BCUT2D eigenvalue weighted by molar-refractivity contribution is 5.80. The summed E-state index contributed by atoms with van der Waals surface area (Å²) in [4.78, 5) is 11.5. The van der Waals surface area contributed by atoms with E-state index in [2.05, 4.69) is 10.6 Å². The van der Waals surface area contributed by atoms with Gasteiger partial charge in [-0.1, -0.05) is 0 Å². The first-order valence-electron chi connectivity index (χ1n) is 5.67. The summed E-state index contributed by atoms with van der Waals surface area (Å²) in [6.45, 7) is 1.77. The third-order valence-electron chi connectivity index (χ3n) is 3.20. The Hall–Kier alpha value is -0.610. The van der Waals surface area contributed by atoms with Gasteiger partial charge >= 0.3 is 0 Å². The average Bonchev–Trinajstić information content (AvgIpc) is 2.29. The van der Waals surface area contributed by atoms with E-state index in [1.165, 1.54) is 0 Å². The summed E-state index contributed by atoms with van der Waals surface area (Å²) in [6, 6.07) is 0.956. The molecule has 0 saturated heterocycles. The van der Waals surface area contributed by atoms with Crippen molar-refractivity contribution in [2.24, 2.45) is 0 Å².